The molecule has 17 heavy (non-hydrogen) atoms. The molecule has 1 fully saturated rings. The number of hydrogen-bond donors (Lipinski definition) is 2. The first-order chi connectivity index (χ1) is 8.08. The number of carbonyl (C=O) groups excluding carboxylic acids is 2. The van der Waals surface area contributed by atoms with Gasteiger partial charge in [-0.2, -0.15) is 0 Å². The van der Waals surface area contributed by atoms with Crippen LogP contribution in [0.4, 0.5) is 0 Å². The van der Waals surface area contributed by atoms with Crippen molar-refractivity contribution in [2.45, 2.75) is 12.5 Å². The van der Waals surface area contributed by atoms with Gasteiger partial charge in [0.15, 0.2) is 5.71 Å². The molecule has 0 aromatic rings. The number of amides is 2. The highest BCUT2D eigenvalue weighted by Gasteiger charge is 2.35. The third-order valence-corrected chi connectivity index (χ3v) is 2.54. The summed E-state index contributed by atoms with van der Waals surface area (Å²) in [5.41, 5.74) is -0.176. The number of aliphatic carboxylic acids is 1. The maximum absolute atomic E-state index is 11.9. The summed E-state index contributed by atoms with van der Waals surface area (Å²) in [4.78, 5) is 39.7. The molecule has 2 aliphatic rings. The lowest BCUT2D eigenvalue weighted by Crippen LogP contribution is -2.52. The van der Waals surface area contributed by atoms with Gasteiger partial charge < -0.3 is 20.2 Å². The first kappa shape index (κ1) is 11.4. The van der Waals surface area contributed by atoms with Crippen LogP contribution in [0.2, 0.25) is 0 Å². The molecule has 0 saturated carbocycles. The number of piperazine rings is 1. The average Bonchev–Trinajstić information content (AvgIpc) is 2.77. The molecule has 0 radical (unpaired) electrons. The lowest BCUT2D eigenvalue weighted by molar-refractivity contribution is -0.146. The van der Waals surface area contributed by atoms with Gasteiger partial charge in [-0.25, -0.2) is 4.79 Å². The Morgan fingerprint density at radius 1 is 1.53 bits per heavy atom. The number of hydrogen-bond acceptors (Lipinski definition) is 5. The second-order valence-electron chi connectivity index (χ2n) is 3.75. The van der Waals surface area contributed by atoms with E-state index >= 15 is 0 Å². The van der Waals surface area contributed by atoms with Gasteiger partial charge in [-0.15, -0.1) is 0 Å². The van der Waals surface area contributed by atoms with Crippen molar-refractivity contribution in [3.05, 3.63) is 0 Å². The summed E-state index contributed by atoms with van der Waals surface area (Å²) < 4.78 is 0. The Morgan fingerprint density at radius 2 is 2.29 bits per heavy atom. The Morgan fingerprint density at radius 3 is 2.88 bits per heavy atom. The number of nitrogens with one attached hydrogen (secondary N) is 1. The van der Waals surface area contributed by atoms with Crippen LogP contribution in [0.15, 0.2) is 5.16 Å². The van der Waals surface area contributed by atoms with Crippen LogP contribution in [0.5, 0.6) is 0 Å². The monoisotopic (exact) mass is 241 g/mol. The molecule has 2 rings (SSSR count). The molecule has 8 heteroatoms. The van der Waals surface area contributed by atoms with Crippen molar-refractivity contribution in [3.63, 3.8) is 0 Å². The Balaban J connectivity index is 1.94. The van der Waals surface area contributed by atoms with E-state index in [2.05, 4.69) is 10.5 Å². The van der Waals surface area contributed by atoms with Crippen molar-refractivity contribution in [3.8, 4) is 0 Å². The van der Waals surface area contributed by atoms with Gasteiger partial charge in [-0.1, -0.05) is 5.16 Å². The second-order valence-corrected chi connectivity index (χ2v) is 3.75. The molecule has 2 N–H and O–H groups in total. The summed E-state index contributed by atoms with van der Waals surface area (Å²) in [6.07, 6.45) is -0.987. The number of carbonyl (C=O) groups is 3. The Labute approximate surface area is 96.2 Å². The van der Waals surface area contributed by atoms with Gasteiger partial charge in [0.2, 0.25) is 12.0 Å². The van der Waals surface area contributed by atoms with E-state index in [-0.39, 0.29) is 24.6 Å². The van der Waals surface area contributed by atoms with E-state index in [1.165, 1.54) is 4.90 Å². The molecule has 92 valence electrons. The van der Waals surface area contributed by atoms with E-state index < -0.39 is 18.0 Å². The Bertz CT molecular complexity index is 405. The number of rotatable bonds is 2. The minimum atomic E-state index is -1.20. The summed E-state index contributed by atoms with van der Waals surface area (Å²) in [6.45, 7) is 0.762. The van der Waals surface area contributed by atoms with Gasteiger partial charge in [-0.3, -0.25) is 9.59 Å². The van der Waals surface area contributed by atoms with Gasteiger partial charge in [0.05, 0.1) is 6.54 Å². The zero-order valence-electron chi connectivity index (χ0n) is 8.88. The van der Waals surface area contributed by atoms with Crippen LogP contribution >= 0.6 is 0 Å². The lowest BCUT2D eigenvalue weighted by atomic mass is 10.1. The fourth-order valence-electron chi connectivity index (χ4n) is 1.67. The quantitative estimate of drug-likeness (QED) is 0.591. The highest BCUT2D eigenvalue weighted by Crippen LogP contribution is 2.14. The van der Waals surface area contributed by atoms with Crippen LogP contribution < -0.4 is 5.32 Å². The highest BCUT2D eigenvalue weighted by molar-refractivity contribution is 6.36. The van der Waals surface area contributed by atoms with Crippen molar-refractivity contribution in [1.29, 1.82) is 0 Å². The van der Waals surface area contributed by atoms with Gasteiger partial charge >= 0.3 is 5.97 Å². The van der Waals surface area contributed by atoms with Crippen LogP contribution in [0, 0.1) is 0 Å². The van der Waals surface area contributed by atoms with Gasteiger partial charge in [0, 0.05) is 19.5 Å². The third-order valence-electron chi connectivity index (χ3n) is 2.54. The average molecular weight is 241 g/mol. The van der Waals surface area contributed by atoms with Gasteiger partial charge in [0.1, 0.15) is 0 Å². The zero-order valence-corrected chi connectivity index (χ0v) is 8.88. The molecule has 0 aromatic heterocycles. The summed E-state index contributed by atoms with van der Waals surface area (Å²) in [5, 5.41) is 14.6. The number of carboxylic acids is 1. The number of nitrogens with zero attached hydrogens (tertiary/aromatic N) is 2. The maximum atomic E-state index is 11.9. The van der Waals surface area contributed by atoms with Gasteiger partial charge in [0.25, 0.3) is 5.91 Å². The number of oxime groups is 1. The van der Waals surface area contributed by atoms with Gasteiger partial charge in [-0.05, 0) is 0 Å². The molecule has 1 atom stereocenters. The molecule has 0 bridgehead atoms. The molecule has 1 saturated heterocycles. The SMILES string of the molecule is O=C1CN(C(=O)C2CC(C(=O)O)=NO2)CCN1. The minimum Gasteiger partial charge on any atom is -0.477 e. The Hall–Kier alpha value is -2.12. The molecule has 2 heterocycles. The fraction of sp³-hybridized carbons (Fsp3) is 0.556. The Kier molecular flexibility index (Phi) is 2.94. The fourth-order valence-corrected chi connectivity index (χ4v) is 1.67. The zero-order chi connectivity index (χ0) is 12.4. The first-order valence-corrected chi connectivity index (χ1v) is 5.09. The summed E-state index contributed by atoms with van der Waals surface area (Å²) >= 11 is 0. The van der Waals surface area contributed by atoms with E-state index in [9.17, 15) is 14.4 Å². The molecular formula is C9H11N3O5. The topological polar surface area (TPSA) is 108 Å². The predicted octanol–water partition coefficient (Wildman–Crippen LogP) is -1.83. The van der Waals surface area contributed by atoms with E-state index in [4.69, 9.17) is 9.94 Å². The van der Waals surface area contributed by atoms with Crippen molar-refractivity contribution in [2.75, 3.05) is 19.6 Å². The molecule has 1 unspecified atom stereocenters. The van der Waals surface area contributed by atoms with Crippen molar-refractivity contribution < 1.29 is 24.3 Å². The summed E-state index contributed by atoms with van der Waals surface area (Å²) in [5.74, 6) is -1.83. The van der Waals surface area contributed by atoms with Crippen LogP contribution in [0.3, 0.4) is 0 Å². The highest BCUT2D eigenvalue weighted by atomic mass is 16.6. The summed E-state index contributed by atoms with van der Waals surface area (Å²) in [6, 6.07) is 0. The van der Waals surface area contributed by atoms with Crippen molar-refractivity contribution >= 4 is 23.5 Å². The predicted molar refractivity (Wildman–Crippen MR) is 54.2 cm³/mol. The normalized spacial score (nSPS) is 23.8. The first-order valence-electron chi connectivity index (χ1n) is 5.09. The van der Waals surface area contributed by atoms with Crippen molar-refractivity contribution in [2.24, 2.45) is 5.16 Å². The lowest BCUT2D eigenvalue weighted by Gasteiger charge is -2.27. The largest absolute Gasteiger partial charge is 0.477 e. The standard InChI is InChI=1S/C9H11N3O5/c13-7-4-12(2-1-10-7)8(14)6-3-5(9(15)16)11-17-6/h6H,1-4H2,(H,10,13)(H,15,16). The van der Waals surface area contributed by atoms with E-state index in [1.807, 2.05) is 0 Å². The minimum absolute atomic E-state index is 0.0267. The maximum Gasteiger partial charge on any atom is 0.353 e. The smallest absolute Gasteiger partial charge is 0.353 e. The van der Waals surface area contributed by atoms with Crippen LogP contribution in [0.25, 0.3) is 0 Å². The molecule has 0 spiro atoms. The second kappa shape index (κ2) is 4.40. The molecule has 2 amide bonds. The third kappa shape index (κ3) is 2.35. The van der Waals surface area contributed by atoms with Crippen molar-refractivity contribution in [1.82, 2.24) is 10.2 Å². The summed E-state index contributed by atoms with van der Waals surface area (Å²) in [7, 11) is 0. The molecule has 0 aliphatic carbocycles. The van der Waals surface area contributed by atoms with Crippen LogP contribution in [-0.2, 0) is 19.2 Å². The van der Waals surface area contributed by atoms with E-state index in [0.29, 0.717) is 13.1 Å². The molecular weight excluding hydrogens is 230 g/mol. The van der Waals surface area contributed by atoms with E-state index in [1.54, 1.807) is 0 Å². The van der Waals surface area contributed by atoms with E-state index in [0.717, 1.165) is 0 Å². The molecule has 0 aromatic carbocycles. The van der Waals surface area contributed by atoms with Crippen LogP contribution in [-0.4, -0.2) is 59.2 Å². The molecule has 2 aliphatic heterocycles. The van der Waals surface area contributed by atoms with Crippen LogP contribution in [0.1, 0.15) is 6.42 Å². The number of carboxylic acid groups (broad SMARTS) is 1. The molecule has 8 nitrogen and oxygen atoms in total.